The molecule has 0 saturated carbocycles. The second-order valence-electron chi connectivity index (χ2n) is 36.4. The first kappa shape index (κ1) is 126. The maximum atomic E-state index is 14.6. The summed E-state index contributed by atoms with van der Waals surface area (Å²) in [5.74, 6) is -22.3. The van der Waals surface area contributed by atoms with Crippen molar-refractivity contribution < 1.29 is 116 Å². The van der Waals surface area contributed by atoms with Crippen LogP contribution in [0.3, 0.4) is 0 Å². The monoisotopic (exact) mass is 2010 g/mol. The maximum Gasteiger partial charge on any atom is 0.327 e. The number of carboxylic acid groups (broad SMARTS) is 1. The van der Waals surface area contributed by atoms with Crippen molar-refractivity contribution in [1.29, 1.82) is 0 Å². The van der Waals surface area contributed by atoms with E-state index >= 15 is 0 Å². The number of thiol groups is 2. The second kappa shape index (κ2) is 66.3. The Morgan fingerprint density at radius 1 is 0.302 bits per heavy atom. The molecule has 0 bridgehead atoms. The fourth-order valence-electron chi connectivity index (χ4n) is 13.7. The van der Waals surface area contributed by atoms with E-state index in [2.05, 4.69) is 132 Å². The van der Waals surface area contributed by atoms with Gasteiger partial charge in [0.2, 0.25) is 118 Å². The minimum atomic E-state index is -1.72. The molecule has 29 N–H and O–H groups in total. The van der Waals surface area contributed by atoms with Crippen LogP contribution in [0, 0.1) is 41.4 Å². The largest absolute Gasteiger partial charge is 0.480 e. The third-order valence-electron chi connectivity index (χ3n) is 22.1. The van der Waals surface area contributed by atoms with Crippen LogP contribution in [-0.2, 0) is 107 Å². The van der Waals surface area contributed by atoms with E-state index < -0.39 is 277 Å². The molecule has 139 heavy (non-hydrogen) atoms. The minimum absolute atomic E-state index is 0.0127. The lowest BCUT2D eigenvalue weighted by molar-refractivity contribution is -0.141. The van der Waals surface area contributed by atoms with Crippen LogP contribution in [0.4, 0.5) is 0 Å². The maximum absolute atomic E-state index is 14.6. The van der Waals surface area contributed by atoms with Crippen molar-refractivity contribution in [3.63, 3.8) is 0 Å². The van der Waals surface area contributed by atoms with Gasteiger partial charge in [0.15, 0.2) is 0 Å². The smallest absolute Gasteiger partial charge is 0.327 e. The molecule has 1 aromatic rings. The molecule has 0 aliphatic carbocycles. The number of aliphatic carboxylic acids is 1. The number of rotatable bonds is 67. The van der Waals surface area contributed by atoms with Gasteiger partial charge < -0.3 is 139 Å². The molecule has 0 radical (unpaired) electrons. The van der Waals surface area contributed by atoms with Crippen LogP contribution < -0.4 is 124 Å². The van der Waals surface area contributed by atoms with Crippen molar-refractivity contribution >= 4 is 149 Å². The molecule has 20 amide bonds. The van der Waals surface area contributed by atoms with Crippen LogP contribution >= 0.6 is 25.3 Å². The Morgan fingerprint density at radius 3 is 0.993 bits per heavy atom. The molecule has 0 aromatic heterocycles. The van der Waals surface area contributed by atoms with Gasteiger partial charge in [0.05, 0.1) is 51.5 Å². The molecular weight excluding hydrogens is 1850 g/mol. The summed E-state index contributed by atoms with van der Waals surface area (Å²) >= 11 is 8.17. The summed E-state index contributed by atoms with van der Waals surface area (Å²) in [6.07, 6.45) is -1.06. The number of carbonyl (C=O) groups is 21. The van der Waals surface area contributed by atoms with Crippen LogP contribution in [0.25, 0.3) is 0 Å². The number of amides is 20. The minimum Gasteiger partial charge on any atom is -0.480 e. The first-order valence-electron chi connectivity index (χ1n) is 47.1. The Labute approximate surface area is 823 Å². The number of hydrogen-bond acceptors (Lipinski definition) is 28. The van der Waals surface area contributed by atoms with Crippen LogP contribution in [0.2, 0.25) is 0 Å². The van der Waals surface area contributed by atoms with Crippen LogP contribution in [0.15, 0.2) is 30.3 Å². The molecule has 0 fully saturated rings. The number of hydrogen-bond donors (Lipinski definition) is 28. The average molecular weight is 2010 g/mol. The Balaban J connectivity index is 3.24. The third-order valence-corrected chi connectivity index (χ3v) is 22.8. The summed E-state index contributed by atoms with van der Waals surface area (Å²) in [7, 11) is 0. The number of unbranched alkanes of at least 4 members (excludes halogenated alkanes) is 2. The van der Waals surface area contributed by atoms with Gasteiger partial charge in [0.1, 0.15) is 90.6 Å². The lowest BCUT2D eigenvalue weighted by atomic mass is 9.96. The van der Waals surface area contributed by atoms with Gasteiger partial charge in [0.25, 0.3) is 0 Å². The Bertz CT molecular complexity index is 4210. The SMILES string of the molecule is CC[C@H](C)[C@H](NC(=O)CN)C(=O)N[C@@H](CC(C)C)C(=O)NCC(=O)N[C@H](C(=O)N[C@H](C(=O)N[C@@H](Cc1ccccc1)C(=O)N[C@@H](CCCCN)C(=O)N[C@@H](C)C(=O)NCC(=O)N[C@@H](CCCCN)C(=O)NCC(=O)N[C@H](C(=O)N[C@H](C(=O)N[C@@H](CS)C(=O)NCC(=O)N[C@@H](CC(C)C)C(=O)N[C@H](C(=O)NCC(=O)N[C@@H](CC(C)C)C(=O)N[C@@H](CS)C(=O)O)[C@@H](C)O)C(C)C)[C@@H](C)CC)C(C)C)[C@@H](C)O. The molecule has 1 aromatic carbocycles. The van der Waals surface area contributed by atoms with Crippen molar-refractivity contribution in [1.82, 2.24) is 106 Å². The van der Waals surface area contributed by atoms with Gasteiger partial charge in [-0.2, -0.15) is 25.3 Å². The topological polar surface area (TPSA) is 738 Å². The molecule has 19 atom stereocenters. The number of carboxylic acids is 1. The Kier molecular flexibility index (Phi) is 59.9. The molecule has 0 heterocycles. The quantitative estimate of drug-likeness (QED) is 0.0213. The van der Waals surface area contributed by atoms with Crippen LogP contribution in [-0.4, -0.2) is 306 Å². The molecule has 47 nitrogen and oxygen atoms in total. The number of benzene rings is 1. The molecule has 0 aliphatic heterocycles. The molecule has 0 saturated heterocycles. The van der Waals surface area contributed by atoms with E-state index in [0.717, 1.165) is 0 Å². The van der Waals surface area contributed by atoms with Crippen molar-refractivity contribution in [2.24, 2.45) is 58.6 Å². The van der Waals surface area contributed by atoms with E-state index in [1.54, 1.807) is 120 Å². The summed E-state index contributed by atoms with van der Waals surface area (Å²) in [5, 5.41) is 80.6. The number of aliphatic hydroxyl groups excluding tert-OH is 2. The molecule has 0 unspecified atom stereocenters. The first-order valence-corrected chi connectivity index (χ1v) is 48.3. The molecule has 1 rings (SSSR count). The van der Waals surface area contributed by atoms with Gasteiger partial charge in [0, 0.05) is 17.9 Å². The van der Waals surface area contributed by atoms with Crippen molar-refractivity contribution in [3.05, 3.63) is 35.9 Å². The molecule has 0 spiro atoms. The predicted molar refractivity (Wildman–Crippen MR) is 520 cm³/mol. The summed E-state index contributed by atoms with van der Waals surface area (Å²) in [6.45, 7) is 23.6. The predicted octanol–water partition coefficient (Wildman–Crippen LogP) is -6.43. The highest BCUT2D eigenvalue weighted by molar-refractivity contribution is 7.80. The van der Waals surface area contributed by atoms with Gasteiger partial charge in [-0.15, -0.1) is 0 Å². The van der Waals surface area contributed by atoms with Gasteiger partial charge in [-0.1, -0.05) is 140 Å². The summed E-state index contributed by atoms with van der Waals surface area (Å²) in [4.78, 5) is 285. The highest BCUT2D eigenvalue weighted by atomic mass is 32.1. The van der Waals surface area contributed by atoms with Gasteiger partial charge >= 0.3 is 5.97 Å². The lowest BCUT2D eigenvalue weighted by Gasteiger charge is -2.29. The van der Waals surface area contributed by atoms with E-state index in [1.807, 2.05) is 6.92 Å². The zero-order chi connectivity index (χ0) is 106. The number of nitrogens with two attached hydrogens (primary N) is 3. The first-order chi connectivity index (χ1) is 65.2. The molecule has 786 valence electrons. The van der Waals surface area contributed by atoms with Gasteiger partial charge in [-0.3, -0.25) is 95.9 Å². The zero-order valence-electron chi connectivity index (χ0n) is 82.8. The number of carbonyl (C=O) groups excluding carboxylic acids is 20. The number of aliphatic hydroxyl groups is 2. The average Bonchev–Trinajstić information content (AvgIpc) is 0.828. The van der Waals surface area contributed by atoms with E-state index in [1.165, 1.54) is 20.8 Å². The fraction of sp³-hybridized carbons (Fsp3) is 0.700. The zero-order valence-corrected chi connectivity index (χ0v) is 84.6. The summed E-state index contributed by atoms with van der Waals surface area (Å²) in [5.41, 5.74) is 17.6. The normalized spacial score (nSPS) is 15.4. The highest BCUT2D eigenvalue weighted by Crippen LogP contribution is 2.17. The van der Waals surface area contributed by atoms with E-state index in [-0.39, 0.29) is 99.8 Å². The van der Waals surface area contributed by atoms with E-state index in [0.29, 0.717) is 37.7 Å². The third kappa shape index (κ3) is 48.4. The highest BCUT2D eigenvalue weighted by Gasteiger charge is 2.40. The van der Waals surface area contributed by atoms with Crippen molar-refractivity contribution in [2.45, 2.75) is 298 Å². The van der Waals surface area contributed by atoms with E-state index in [4.69, 9.17) is 17.2 Å². The van der Waals surface area contributed by atoms with Crippen molar-refractivity contribution in [2.75, 3.05) is 63.9 Å². The van der Waals surface area contributed by atoms with Crippen LogP contribution in [0.5, 0.6) is 0 Å². The standard InChI is InChI=1S/C90H155N23O24S2/c1-18-50(13)72(108-64(116)37-93)87(133)104-58(33-45(3)4)78(124)96-42-69(121)110-75(54(17)115)89(135)112-70(48(9)10)85(131)105-61(36-55-27-21-20-22-28-55)82(128)103-57(30-24-26-32-92)80(126)99-52(15)76(122)94-38-65(117)100-56(29-23-25-31-91)77(123)95-41-68(120)109-73(51(14)19-2)88(134)111-71(49(11)12)86(132)106-62(43-138)79(125)97-39-66(118)102-60(35-47(7)8)83(129)113-74(53(16)114)84(130)98-40-67(119)101-59(34-46(5)6)81(127)107-63(44-139)90(136)137/h20-22,27-28,45-54,56-63,70-75,114-115,138-139H,18-19,23-26,29-44,91-93H2,1-17H3,(H,94,122)(H,95,123)(H,96,124)(H,97,125)(H,98,130)(H,99,126)(H,100,117)(H,101,119)(H,102,118)(H,103,128)(H,104,133)(H,105,131)(H,106,132)(H,107,127)(H,108,116)(H,109,120)(H,110,121)(H,111,134)(H,112,135)(H,113,129)(H,136,137)/t50-,51-,52-,53+,54+,56-,57-,58-,59-,60-,61-,62-,63-,70-,71-,72-,73-,74-,75-/m0/s1. The van der Waals surface area contributed by atoms with E-state index in [9.17, 15) is 116 Å². The second-order valence-corrected chi connectivity index (χ2v) is 37.1. The van der Waals surface area contributed by atoms with Gasteiger partial charge in [-0.25, -0.2) is 4.79 Å². The van der Waals surface area contributed by atoms with Gasteiger partial charge in [-0.05, 0) is 139 Å². The summed E-state index contributed by atoms with van der Waals surface area (Å²) in [6, 6.07) is -12.3. The Morgan fingerprint density at radius 2 is 0.597 bits per heavy atom. The fourth-order valence-corrected chi connectivity index (χ4v) is 14.2. The van der Waals surface area contributed by atoms with Crippen molar-refractivity contribution in [3.8, 4) is 0 Å². The molecule has 0 aliphatic rings. The Hall–Kier alpha value is -11.4. The summed E-state index contributed by atoms with van der Waals surface area (Å²) < 4.78 is 0. The number of nitrogens with one attached hydrogen (secondary N) is 20. The molecule has 49 heteroatoms. The molecular formula is C90H155N23O24S2. The van der Waals surface area contributed by atoms with Crippen LogP contribution in [0.1, 0.15) is 194 Å². The lowest BCUT2D eigenvalue weighted by Crippen LogP contribution is -2.61.